The predicted molar refractivity (Wildman–Crippen MR) is 56.9 cm³/mol. The van der Waals surface area contributed by atoms with Crippen LogP contribution in [0, 0.1) is 0 Å². The van der Waals surface area contributed by atoms with Crippen LogP contribution in [0.5, 0.6) is 0 Å². The zero-order chi connectivity index (χ0) is 14.1. The lowest BCUT2D eigenvalue weighted by Crippen LogP contribution is -2.49. The SMILES string of the molecule is CS(=O)(=O)N[C@@H]1CN(C(=O)O)[C@H](CCO)C1(F)F. The molecule has 0 radical (unpaired) electrons. The highest BCUT2D eigenvalue weighted by Crippen LogP contribution is 2.36. The van der Waals surface area contributed by atoms with Gasteiger partial charge in [0.2, 0.25) is 10.0 Å². The van der Waals surface area contributed by atoms with Crippen molar-refractivity contribution in [2.45, 2.75) is 24.4 Å². The van der Waals surface area contributed by atoms with Crippen LogP contribution in [0.2, 0.25) is 0 Å². The molecule has 106 valence electrons. The van der Waals surface area contributed by atoms with Crippen LogP contribution in [0.1, 0.15) is 6.42 Å². The third kappa shape index (κ3) is 3.06. The summed E-state index contributed by atoms with van der Waals surface area (Å²) in [6.45, 7) is -1.27. The molecule has 10 heteroatoms. The maximum absolute atomic E-state index is 13.9. The third-order valence-electron chi connectivity index (χ3n) is 2.67. The molecule has 1 aliphatic rings. The van der Waals surface area contributed by atoms with Gasteiger partial charge >= 0.3 is 6.09 Å². The molecule has 1 heterocycles. The molecular weight excluding hydrogens is 274 g/mol. The van der Waals surface area contributed by atoms with Gasteiger partial charge < -0.3 is 10.2 Å². The standard InChI is InChI=1S/C8H14F2N2O5S/c1-18(16,17)11-5-4-12(7(14)15)6(2-3-13)8(5,9)10/h5-6,11,13H,2-4H2,1H3,(H,14,15)/t5-,6-/m1/s1. The molecule has 0 aliphatic carbocycles. The molecule has 7 nitrogen and oxygen atoms in total. The van der Waals surface area contributed by atoms with E-state index in [-0.39, 0.29) is 0 Å². The highest BCUT2D eigenvalue weighted by atomic mass is 32.2. The molecular formula is C8H14F2N2O5S. The van der Waals surface area contributed by atoms with Crippen LogP contribution < -0.4 is 4.72 Å². The summed E-state index contributed by atoms with van der Waals surface area (Å²) in [7, 11) is -3.88. The maximum atomic E-state index is 13.9. The third-order valence-corrected chi connectivity index (χ3v) is 3.38. The summed E-state index contributed by atoms with van der Waals surface area (Å²) in [6.07, 6.45) is -1.32. The van der Waals surface area contributed by atoms with Crippen molar-refractivity contribution in [3.8, 4) is 0 Å². The second-order valence-electron chi connectivity index (χ2n) is 4.08. The normalized spacial score (nSPS) is 27.4. The van der Waals surface area contributed by atoms with Crippen molar-refractivity contribution in [1.82, 2.24) is 9.62 Å². The Morgan fingerprint density at radius 3 is 2.50 bits per heavy atom. The smallest absolute Gasteiger partial charge is 0.407 e. The lowest BCUT2D eigenvalue weighted by atomic mass is 10.1. The van der Waals surface area contributed by atoms with Gasteiger partial charge in [-0.15, -0.1) is 0 Å². The highest BCUT2D eigenvalue weighted by Gasteiger charge is 2.58. The van der Waals surface area contributed by atoms with E-state index in [1.165, 1.54) is 0 Å². The van der Waals surface area contributed by atoms with Crippen molar-refractivity contribution in [2.24, 2.45) is 0 Å². The summed E-state index contributed by atoms with van der Waals surface area (Å²) in [6, 6.07) is -3.56. The molecule has 0 aromatic rings. The second-order valence-corrected chi connectivity index (χ2v) is 5.86. The lowest BCUT2D eigenvalue weighted by molar-refractivity contribution is -0.0496. The zero-order valence-corrected chi connectivity index (χ0v) is 10.3. The van der Waals surface area contributed by atoms with Crippen LogP contribution >= 0.6 is 0 Å². The Morgan fingerprint density at radius 1 is 1.56 bits per heavy atom. The maximum Gasteiger partial charge on any atom is 0.407 e. The molecule has 1 fully saturated rings. The molecule has 0 aromatic heterocycles. The number of carboxylic acid groups (broad SMARTS) is 1. The number of rotatable bonds is 4. The Bertz CT molecular complexity index is 427. The first-order valence-electron chi connectivity index (χ1n) is 5.05. The molecule has 0 bridgehead atoms. The average Bonchev–Trinajstić information content (AvgIpc) is 2.40. The fourth-order valence-corrected chi connectivity index (χ4v) is 2.69. The number of aliphatic hydroxyl groups is 1. The molecule has 0 saturated carbocycles. The molecule has 1 amide bonds. The highest BCUT2D eigenvalue weighted by molar-refractivity contribution is 7.88. The van der Waals surface area contributed by atoms with E-state index in [4.69, 9.17) is 10.2 Å². The van der Waals surface area contributed by atoms with Crippen LogP contribution in [-0.4, -0.2) is 67.0 Å². The summed E-state index contributed by atoms with van der Waals surface area (Å²) in [5.74, 6) is -3.57. The number of halogens is 2. The summed E-state index contributed by atoms with van der Waals surface area (Å²) in [4.78, 5) is 11.3. The van der Waals surface area contributed by atoms with E-state index < -0.39 is 53.7 Å². The average molecular weight is 288 g/mol. The van der Waals surface area contributed by atoms with Gasteiger partial charge in [0.1, 0.15) is 12.1 Å². The number of carbonyl (C=O) groups is 1. The Balaban J connectivity index is 3.00. The lowest BCUT2D eigenvalue weighted by Gasteiger charge is -2.25. The van der Waals surface area contributed by atoms with Crippen molar-refractivity contribution >= 4 is 16.1 Å². The molecule has 18 heavy (non-hydrogen) atoms. The van der Waals surface area contributed by atoms with Gasteiger partial charge in [0.25, 0.3) is 5.92 Å². The van der Waals surface area contributed by atoms with Gasteiger partial charge in [0, 0.05) is 13.2 Å². The topological polar surface area (TPSA) is 107 Å². The monoisotopic (exact) mass is 288 g/mol. The van der Waals surface area contributed by atoms with E-state index in [0.717, 1.165) is 0 Å². The molecule has 1 aliphatic heterocycles. The summed E-state index contributed by atoms with van der Waals surface area (Å²) >= 11 is 0. The summed E-state index contributed by atoms with van der Waals surface area (Å²) in [5.41, 5.74) is 0. The number of nitrogens with one attached hydrogen (secondary N) is 1. The van der Waals surface area contributed by atoms with Gasteiger partial charge in [0.15, 0.2) is 0 Å². The van der Waals surface area contributed by atoms with Gasteiger partial charge in [-0.2, -0.15) is 0 Å². The van der Waals surface area contributed by atoms with Crippen LogP contribution in [0.15, 0.2) is 0 Å². The van der Waals surface area contributed by atoms with E-state index >= 15 is 0 Å². The molecule has 0 aromatic carbocycles. The van der Waals surface area contributed by atoms with Crippen molar-refractivity contribution < 1.29 is 32.2 Å². The van der Waals surface area contributed by atoms with Gasteiger partial charge in [-0.25, -0.2) is 26.7 Å². The first-order valence-corrected chi connectivity index (χ1v) is 6.94. The number of hydrogen-bond acceptors (Lipinski definition) is 4. The van der Waals surface area contributed by atoms with Crippen molar-refractivity contribution in [3.05, 3.63) is 0 Å². The quantitative estimate of drug-likeness (QED) is 0.633. The van der Waals surface area contributed by atoms with Gasteiger partial charge in [-0.3, -0.25) is 4.90 Å². The van der Waals surface area contributed by atoms with Gasteiger partial charge in [0.05, 0.1) is 6.26 Å². The minimum Gasteiger partial charge on any atom is -0.465 e. The van der Waals surface area contributed by atoms with Crippen molar-refractivity contribution in [3.63, 3.8) is 0 Å². The summed E-state index contributed by atoms with van der Waals surface area (Å²) in [5, 5.41) is 17.5. The molecule has 3 N–H and O–H groups in total. The predicted octanol–water partition coefficient (Wildman–Crippen LogP) is -0.716. The van der Waals surface area contributed by atoms with Crippen molar-refractivity contribution in [2.75, 3.05) is 19.4 Å². The minimum absolute atomic E-state index is 0.444. The second kappa shape index (κ2) is 4.94. The number of likely N-dealkylation sites (tertiary alicyclic amines) is 1. The first kappa shape index (κ1) is 15.1. The Labute approximate surface area is 102 Å². The Kier molecular flexibility index (Phi) is 4.13. The Hall–Kier alpha value is -1.00. The van der Waals surface area contributed by atoms with Crippen LogP contribution in [0.3, 0.4) is 0 Å². The molecule has 0 spiro atoms. The van der Waals surface area contributed by atoms with Crippen LogP contribution in [0.4, 0.5) is 13.6 Å². The Morgan fingerprint density at radius 2 is 2.11 bits per heavy atom. The summed E-state index contributed by atoms with van der Waals surface area (Å²) < 4.78 is 51.3. The minimum atomic E-state index is -3.88. The van der Waals surface area contributed by atoms with E-state index in [1.54, 1.807) is 4.72 Å². The van der Waals surface area contributed by atoms with E-state index in [1.807, 2.05) is 0 Å². The molecule has 1 rings (SSSR count). The molecule has 0 unspecified atom stereocenters. The number of alkyl halides is 2. The van der Waals surface area contributed by atoms with E-state index in [2.05, 4.69) is 0 Å². The number of aliphatic hydroxyl groups excluding tert-OH is 1. The van der Waals surface area contributed by atoms with Gasteiger partial charge in [-0.1, -0.05) is 0 Å². The van der Waals surface area contributed by atoms with Crippen molar-refractivity contribution in [1.29, 1.82) is 0 Å². The zero-order valence-electron chi connectivity index (χ0n) is 9.51. The van der Waals surface area contributed by atoms with E-state index in [9.17, 15) is 22.0 Å². The number of amides is 1. The van der Waals surface area contributed by atoms with Gasteiger partial charge in [-0.05, 0) is 6.42 Å². The van der Waals surface area contributed by atoms with Crippen LogP contribution in [0.25, 0.3) is 0 Å². The molecule has 1 saturated heterocycles. The molecule has 2 atom stereocenters. The number of hydrogen-bond donors (Lipinski definition) is 3. The fraction of sp³-hybridized carbons (Fsp3) is 0.875. The van der Waals surface area contributed by atoms with E-state index in [0.29, 0.717) is 11.2 Å². The largest absolute Gasteiger partial charge is 0.465 e. The number of nitrogens with zero attached hydrogens (tertiary/aromatic N) is 1. The van der Waals surface area contributed by atoms with Crippen LogP contribution in [-0.2, 0) is 10.0 Å². The number of sulfonamides is 1. The first-order chi connectivity index (χ1) is 8.09. The fourth-order valence-electron chi connectivity index (χ4n) is 1.94.